The standard InChI is InChI=1S/C15H25ClN2O2/c1-12(2)9-13(18-5-7-19-8-6-18)10-17-11-14-3-4-15(16)20-14/h3-4,12-13,17H,5-11H2,1-2H3. The monoisotopic (exact) mass is 300 g/mol. The topological polar surface area (TPSA) is 37.6 Å². The Morgan fingerprint density at radius 3 is 2.65 bits per heavy atom. The molecule has 2 rings (SSSR count). The van der Waals surface area contributed by atoms with Crippen LogP contribution in [0.4, 0.5) is 0 Å². The minimum absolute atomic E-state index is 0.453. The van der Waals surface area contributed by atoms with E-state index in [2.05, 4.69) is 24.1 Å². The molecule has 1 aliphatic rings. The number of halogens is 1. The Bertz CT molecular complexity index is 389. The van der Waals surface area contributed by atoms with Gasteiger partial charge in [-0.2, -0.15) is 0 Å². The van der Waals surface area contributed by atoms with Crippen molar-refractivity contribution < 1.29 is 9.15 Å². The van der Waals surface area contributed by atoms with E-state index in [1.165, 1.54) is 6.42 Å². The van der Waals surface area contributed by atoms with Gasteiger partial charge in [0.2, 0.25) is 0 Å². The molecule has 0 amide bonds. The molecule has 1 fully saturated rings. The number of ether oxygens (including phenoxy) is 1. The minimum Gasteiger partial charge on any atom is -0.448 e. The highest BCUT2D eigenvalue weighted by Crippen LogP contribution is 2.15. The van der Waals surface area contributed by atoms with Gasteiger partial charge in [0, 0.05) is 25.7 Å². The van der Waals surface area contributed by atoms with Crippen LogP contribution in [-0.4, -0.2) is 43.8 Å². The Morgan fingerprint density at radius 2 is 2.05 bits per heavy atom. The molecule has 0 spiro atoms. The van der Waals surface area contributed by atoms with Crippen molar-refractivity contribution in [3.05, 3.63) is 23.1 Å². The summed E-state index contributed by atoms with van der Waals surface area (Å²) < 4.78 is 10.8. The Hall–Kier alpha value is -0.550. The summed E-state index contributed by atoms with van der Waals surface area (Å²) in [6, 6.07) is 4.26. The van der Waals surface area contributed by atoms with Crippen LogP contribution in [0, 0.1) is 5.92 Å². The second kappa shape index (κ2) is 8.03. The van der Waals surface area contributed by atoms with Gasteiger partial charge >= 0.3 is 0 Å². The summed E-state index contributed by atoms with van der Waals surface area (Å²) in [6.07, 6.45) is 1.20. The molecule has 5 heteroatoms. The summed E-state index contributed by atoms with van der Waals surface area (Å²) in [5.74, 6) is 1.59. The highest BCUT2D eigenvalue weighted by Gasteiger charge is 2.21. The van der Waals surface area contributed by atoms with Gasteiger partial charge in [0.05, 0.1) is 19.8 Å². The Morgan fingerprint density at radius 1 is 1.30 bits per heavy atom. The van der Waals surface area contributed by atoms with Gasteiger partial charge in [0.1, 0.15) is 5.76 Å². The molecular formula is C15H25ClN2O2. The van der Waals surface area contributed by atoms with Crippen molar-refractivity contribution in [3.63, 3.8) is 0 Å². The van der Waals surface area contributed by atoms with Gasteiger partial charge in [0.25, 0.3) is 0 Å². The lowest BCUT2D eigenvalue weighted by Gasteiger charge is -2.35. The van der Waals surface area contributed by atoms with Crippen molar-refractivity contribution in [1.29, 1.82) is 0 Å². The lowest BCUT2D eigenvalue weighted by molar-refractivity contribution is 0.0122. The van der Waals surface area contributed by atoms with Crippen LogP contribution in [0.15, 0.2) is 16.5 Å². The maximum atomic E-state index is 5.78. The Labute approximate surface area is 126 Å². The molecule has 1 unspecified atom stereocenters. The van der Waals surface area contributed by atoms with E-state index >= 15 is 0 Å². The molecule has 114 valence electrons. The van der Waals surface area contributed by atoms with Gasteiger partial charge in [0.15, 0.2) is 5.22 Å². The molecule has 1 atom stereocenters. The van der Waals surface area contributed by atoms with E-state index in [0.29, 0.717) is 17.2 Å². The van der Waals surface area contributed by atoms with Gasteiger partial charge in [-0.05, 0) is 36.1 Å². The number of nitrogens with zero attached hydrogens (tertiary/aromatic N) is 1. The quantitative estimate of drug-likeness (QED) is 0.840. The first-order valence-electron chi connectivity index (χ1n) is 7.42. The van der Waals surface area contributed by atoms with Crippen molar-refractivity contribution in [2.24, 2.45) is 5.92 Å². The number of hydrogen-bond acceptors (Lipinski definition) is 4. The molecule has 1 aromatic rings. The molecule has 1 saturated heterocycles. The first kappa shape index (κ1) is 15.8. The Balaban J connectivity index is 1.80. The van der Waals surface area contributed by atoms with Gasteiger partial charge in [-0.25, -0.2) is 0 Å². The summed E-state index contributed by atoms with van der Waals surface area (Å²) >= 11 is 5.78. The molecule has 0 aliphatic carbocycles. The van der Waals surface area contributed by atoms with Crippen molar-refractivity contribution in [2.45, 2.75) is 32.9 Å². The number of rotatable bonds is 7. The highest BCUT2D eigenvalue weighted by molar-refractivity contribution is 6.28. The largest absolute Gasteiger partial charge is 0.448 e. The van der Waals surface area contributed by atoms with Crippen LogP contribution in [0.3, 0.4) is 0 Å². The normalized spacial score (nSPS) is 18.6. The molecule has 1 aromatic heterocycles. The van der Waals surface area contributed by atoms with Crippen LogP contribution in [0.5, 0.6) is 0 Å². The van der Waals surface area contributed by atoms with Crippen LogP contribution >= 0.6 is 11.6 Å². The molecule has 0 bridgehead atoms. The number of nitrogens with one attached hydrogen (secondary N) is 1. The third-order valence-electron chi connectivity index (χ3n) is 3.61. The Kier molecular flexibility index (Phi) is 6.36. The van der Waals surface area contributed by atoms with E-state index in [1.54, 1.807) is 6.07 Å². The molecule has 4 nitrogen and oxygen atoms in total. The second-order valence-corrected chi connectivity index (χ2v) is 6.14. The molecule has 0 saturated carbocycles. The van der Waals surface area contributed by atoms with Crippen molar-refractivity contribution in [2.75, 3.05) is 32.8 Å². The first-order chi connectivity index (χ1) is 9.65. The lowest BCUT2D eigenvalue weighted by atomic mass is 10.0. The van der Waals surface area contributed by atoms with E-state index in [4.69, 9.17) is 20.8 Å². The second-order valence-electron chi connectivity index (χ2n) is 5.77. The van der Waals surface area contributed by atoms with Gasteiger partial charge in [-0.1, -0.05) is 13.8 Å². The molecule has 2 heterocycles. The SMILES string of the molecule is CC(C)CC(CNCc1ccc(Cl)o1)N1CCOCC1. The number of morpholine rings is 1. The van der Waals surface area contributed by atoms with Crippen LogP contribution in [0.2, 0.25) is 5.22 Å². The molecule has 20 heavy (non-hydrogen) atoms. The smallest absolute Gasteiger partial charge is 0.193 e. The van der Waals surface area contributed by atoms with Crippen LogP contribution in [-0.2, 0) is 11.3 Å². The van der Waals surface area contributed by atoms with Gasteiger partial charge < -0.3 is 14.5 Å². The third kappa shape index (κ3) is 5.09. The van der Waals surface area contributed by atoms with Crippen LogP contribution in [0.25, 0.3) is 0 Å². The maximum Gasteiger partial charge on any atom is 0.193 e. The third-order valence-corrected chi connectivity index (χ3v) is 3.82. The van der Waals surface area contributed by atoms with Gasteiger partial charge in [-0.15, -0.1) is 0 Å². The predicted molar refractivity (Wildman–Crippen MR) is 81.1 cm³/mol. The van der Waals surface area contributed by atoms with Crippen LogP contribution in [0.1, 0.15) is 26.0 Å². The molecule has 1 N–H and O–H groups in total. The average Bonchev–Trinajstić information content (AvgIpc) is 2.84. The lowest BCUT2D eigenvalue weighted by Crippen LogP contribution is -2.48. The van der Waals surface area contributed by atoms with Crippen molar-refractivity contribution in [3.8, 4) is 0 Å². The van der Waals surface area contributed by atoms with E-state index in [-0.39, 0.29) is 0 Å². The summed E-state index contributed by atoms with van der Waals surface area (Å²) in [6.45, 7) is 10.0. The fourth-order valence-electron chi connectivity index (χ4n) is 2.66. The molecule has 0 aromatic carbocycles. The zero-order chi connectivity index (χ0) is 14.4. The summed E-state index contributed by atoms with van der Waals surface area (Å²) in [5.41, 5.74) is 0. The number of furan rings is 1. The predicted octanol–water partition coefficient (Wildman–Crippen LogP) is 2.77. The van der Waals surface area contributed by atoms with Crippen molar-refractivity contribution >= 4 is 11.6 Å². The van der Waals surface area contributed by atoms with E-state index < -0.39 is 0 Å². The van der Waals surface area contributed by atoms with Gasteiger partial charge in [-0.3, -0.25) is 4.90 Å². The first-order valence-corrected chi connectivity index (χ1v) is 7.79. The zero-order valence-corrected chi connectivity index (χ0v) is 13.2. The van der Waals surface area contributed by atoms with Crippen molar-refractivity contribution in [1.82, 2.24) is 10.2 Å². The molecule has 1 aliphatic heterocycles. The van der Waals surface area contributed by atoms with E-state index in [0.717, 1.165) is 45.2 Å². The van der Waals surface area contributed by atoms with E-state index in [9.17, 15) is 0 Å². The minimum atomic E-state index is 0.453. The zero-order valence-electron chi connectivity index (χ0n) is 12.4. The average molecular weight is 301 g/mol. The van der Waals surface area contributed by atoms with Crippen LogP contribution < -0.4 is 5.32 Å². The summed E-state index contributed by atoms with van der Waals surface area (Å²) in [7, 11) is 0. The summed E-state index contributed by atoms with van der Waals surface area (Å²) in [5, 5.41) is 3.94. The number of hydrogen-bond donors (Lipinski definition) is 1. The maximum absolute atomic E-state index is 5.78. The summed E-state index contributed by atoms with van der Waals surface area (Å²) in [4.78, 5) is 2.53. The molecule has 0 radical (unpaired) electrons. The van der Waals surface area contributed by atoms with E-state index in [1.807, 2.05) is 6.07 Å². The molecular weight excluding hydrogens is 276 g/mol. The fraction of sp³-hybridized carbons (Fsp3) is 0.733. The fourth-order valence-corrected chi connectivity index (χ4v) is 2.82. The highest BCUT2D eigenvalue weighted by atomic mass is 35.5.